The van der Waals surface area contributed by atoms with Crippen molar-refractivity contribution in [2.45, 2.75) is 62.7 Å². The third-order valence-electron chi connectivity index (χ3n) is 3.45. The van der Waals surface area contributed by atoms with Crippen LogP contribution in [0, 0.1) is 6.92 Å². The van der Waals surface area contributed by atoms with Crippen LogP contribution >= 0.6 is 11.8 Å². The van der Waals surface area contributed by atoms with Crippen LogP contribution in [0.2, 0.25) is 0 Å². The van der Waals surface area contributed by atoms with Crippen molar-refractivity contribution >= 4 is 17.7 Å². The second-order valence-corrected chi connectivity index (χ2v) is 6.63. The number of hydrogen-bond acceptors (Lipinski definition) is 5. The van der Waals surface area contributed by atoms with Gasteiger partial charge >= 0.3 is 5.97 Å². The molecule has 1 fully saturated rings. The third kappa shape index (κ3) is 4.49. The van der Waals surface area contributed by atoms with E-state index in [1.807, 2.05) is 6.92 Å². The molecule has 1 aliphatic carbocycles. The van der Waals surface area contributed by atoms with Crippen molar-refractivity contribution in [3.8, 4) is 0 Å². The second kappa shape index (κ2) is 6.58. The predicted molar refractivity (Wildman–Crippen MR) is 77.9 cm³/mol. The molecule has 0 radical (unpaired) electrons. The Morgan fingerprint density at radius 2 is 2.30 bits per heavy atom. The van der Waals surface area contributed by atoms with E-state index < -0.39 is 11.5 Å². The zero-order valence-corrected chi connectivity index (χ0v) is 12.8. The number of carbonyl (C=O) groups is 1. The SMILES string of the molecule is Cc1nc(SCCCCC(C)(NC2CC2)C(=O)O)n[nH]1. The van der Waals surface area contributed by atoms with E-state index in [-0.39, 0.29) is 0 Å². The summed E-state index contributed by atoms with van der Waals surface area (Å²) in [5.41, 5.74) is -0.785. The number of hydrogen-bond donors (Lipinski definition) is 3. The monoisotopic (exact) mass is 298 g/mol. The number of thioether (sulfide) groups is 1. The molecule has 1 atom stereocenters. The van der Waals surface area contributed by atoms with E-state index in [1.165, 1.54) is 0 Å². The normalized spacial score (nSPS) is 17.9. The maximum atomic E-state index is 11.4. The highest BCUT2D eigenvalue weighted by molar-refractivity contribution is 7.99. The van der Waals surface area contributed by atoms with Crippen molar-refractivity contribution in [3.05, 3.63) is 5.82 Å². The fraction of sp³-hybridized carbons (Fsp3) is 0.769. The smallest absolute Gasteiger partial charge is 0.323 e. The number of nitrogens with zero attached hydrogens (tertiary/aromatic N) is 2. The first-order valence-electron chi connectivity index (χ1n) is 7.02. The number of unbranched alkanes of at least 4 members (excludes halogenated alkanes) is 1. The van der Waals surface area contributed by atoms with Gasteiger partial charge in [0.25, 0.3) is 0 Å². The van der Waals surface area contributed by atoms with E-state index in [4.69, 9.17) is 0 Å². The first kappa shape index (κ1) is 15.3. The first-order valence-corrected chi connectivity index (χ1v) is 8.01. The van der Waals surface area contributed by atoms with E-state index in [9.17, 15) is 9.90 Å². The van der Waals surface area contributed by atoms with Crippen LogP contribution in [-0.4, -0.2) is 43.6 Å². The molecule has 20 heavy (non-hydrogen) atoms. The highest BCUT2D eigenvalue weighted by atomic mass is 32.2. The van der Waals surface area contributed by atoms with Crippen LogP contribution in [0.5, 0.6) is 0 Å². The average Bonchev–Trinajstić information content (AvgIpc) is 3.09. The van der Waals surface area contributed by atoms with E-state index in [0.717, 1.165) is 42.4 Å². The molecule has 6 nitrogen and oxygen atoms in total. The molecule has 1 aromatic rings. The Balaban J connectivity index is 1.66. The number of nitrogens with one attached hydrogen (secondary N) is 2. The molecule has 3 N–H and O–H groups in total. The Hall–Kier alpha value is -1.08. The molecule has 0 aromatic carbocycles. The molecule has 1 aliphatic rings. The molecule has 0 saturated heterocycles. The lowest BCUT2D eigenvalue weighted by Gasteiger charge is -2.26. The Morgan fingerprint density at radius 3 is 2.85 bits per heavy atom. The zero-order chi connectivity index (χ0) is 14.6. The van der Waals surface area contributed by atoms with Gasteiger partial charge in [-0.3, -0.25) is 15.2 Å². The summed E-state index contributed by atoms with van der Waals surface area (Å²) in [6.45, 7) is 3.67. The van der Waals surface area contributed by atoms with Crippen LogP contribution < -0.4 is 5.32 Å². The highest BCUT2D eigenvalue weighted by Crippen LogP contribution is 2.26. The number of aromatic amines is 1. The summed E-state index contributed by atoms with van der Waals surface area (Å²) in [6.07, 6.45) is 4.71. The molecule has 1 heterocycles. The fourth-order valence-corrected chi connectivity index (χ4v) is 2.89. The maximum absolute atomic E-state index is 11.4. The minimum atomic E-state index is -0.785. The lowest BCUT2D eigenvalue weighted by molar-refractivity contribution is -0.144. The van der Waals surface area contributed by atoms with Crippen molar-refractivity contribution in [2.24, 2.45) is 0 Å². The highest BCUT2D eigenvalue weighted by Gasteiger charge is 2.37. The van der Waals surface area contributed by atoms with Gasteiger partial charge in [-0.25, -0.2) is 4.98 Å². The van der Waals surface area contributed by atoms with Crippen LogP contribution in [0.15, 0.2) is 5.16 Å². The quantitative estimate of drug-likeness (QED) is 0.477. The number of carboxylic acids is 1. The van der Waals surface area contributed by atoms with Crippen LogP contribution in [-0.2, 0) is 4.79 Å². The predicted octanol–water partition coefficient (Wildman–Crippen LogP) is 1.97. The molecule has 0 spiro atoms. The average molecular weight is 298 g/mol. The Bertz CT molecular complexity index is 461. The summed E-state index contributed by atoms with van der Waals surface area (Å²) >= 11 is 1.61. The summed E-state index contributed by atoms with van der Waals surface area (Å²) in [5, 5.41) is 20.2. The molecule has 0 aliphatic heterocycles. The molecule has 7 heteroatoms. The molecule has 1 aromatic heterocycles. The summed E-state index contributed by atoms with van der Waals surface area (Å²) in [6, 6.07) is 0.404. The van der Waals surface area contributed by atoms with Gasteiger partial charge in [-0.2, -0.15) is 0 Å². The number of rotatable bonds is 9. The van der Waals surface area contributed by atoms with Gasteiger partial charge in [-0.1, -0.05) is 18.2 Å². The van der Waals surface area contributed by atoms with Crippen LogP contribution in [0.1, 0.15) is 44.9 Å². The van der Waals surface area contributed by atoms with Crippen molar-refractivity contribution in [1.82, 2.24) is 20.5 Å². The molecule has 0 bridgehead atoms. The summed E-state index contributed by atoms with van der Waals surface area (Å²) in [5.74, 6) is 0.984. The van der Waals surface area contributed by atoms with Crippen molar-refractivity contribution < 1.29 is 9.90 Å². The molecule has 112 valence electrons. The second-order valence-electron chi connectivity index (χ2n) is 5.56. The van der Waals surface area contributed by atoms with Crippen molar-refractivity contribution in [3.63, 3.8) is 0 Å². The van der Waals surface area contributed by atoms with Gasteiger partial charge in [-0.15, -0.1) is 5.10 Å². The van der Waals surface area contributed by atoms with E-state index >= 15 is 0 Å². The van der Waals surface area contributed by atoms with Gasteiger partial charge in [0.1, 0.15) is 11.4 Å². The van der Waals surface area contributed by atoms with Crippen molar-refractivity contribution in [2.75, 3.05) is 5.75 Å². The van der Waals surface area contributed by atoms with Gasteiger partial charge in [0.2, 0.25) is 5.16 Å². The van der Waals surface area contributed by atoms with E-state index in [0.29, 0.717) is 12.5 Å². The van der Waals surface area contributed by atoms with Gasteiger partial charge in [0.15, 0.2) is 0 Å². The molecular weight excluding hydrogens is 276 g/mol. The Labute approximate surface area is 123 Å². The Kier molecular flexibility index (Phi) is 5.04. The third-order valence-corrected chi connectivity index (χ3v) is 4.38. The minimum Gasteiger partial charge on any atom is -0.480 e. The topological polar surface area (TPSA) is 90.9 Å². The largest absolute Gasteiger partial charge is 0.480 e. The zero-order valence-electron chi connectivity index (χ0n) is 12.0. The molecule has 0 amide bonds. The maximum Gasteiger partial charge on any atom is 0.323 e. The molecule has 2 rings (SSSR count). The van der Waals surface area contributed by atoms with Gasteiger partial charge in [0.05, 0.1) is 0 Å². The van der Waals surface area contributed by atoms with Gasteiger partial charge < -0.3 is 5.11 Å². The Morgan fingerprint density at radius 1 is 1.55 bits per heavy atom. The number of H-pyrrole nitrogens is 1. The van der Waals surface area contributed by atoms with Crippen LogP contribution in [0.4, 0.5) is 0 Å². The van der Waals surface area contributed by atoms with Crippen LogP contribution in [0.25, 0.3) is 0 Å². The standard InChI is InChI=1S/C13H22N4O2S/c1-9-14-12(17-16-9)20-8-4-3-7-13(2,11(18)19)15-10-5-6-10/h10,15H,3-8H2,1-2H3,(H,18,19)(H,14,16,17). The minimum absolute atomic E-state index is 0.404. The lowest BCUT2D eigenvalue weighted by atomic mass is 9.95. The van der Waals surface area contributed by atoms with Crippen LogP contribution in [0.3, 0.4) is 0 Å². The number of aromatic nitrogens is 3. The van der Waals surface area contributed by atoms with Crippen molar-refractivity contribution in [1.29, 1.82) is 0 Å². The van der Waals surface area contributed by atoms with E-state index in [1.54, 1.807) is 18.7 Å². The number of carboxylic acid groups (broad SMARTS) is 1. The van der Waals surface area contributed by atoms with E-state index in [2.05, 4.69) is 20.5 Å². The molecule has 1 unspecified atom stereocenters. The summed E-state index contributed by atoms with van der Waals surface area (Å²) in [7, 11) is 0. The molecule has 1 saturated carbocycles. The molecular formula is C13H22N4O2S. The van der Waals surface area contributed by atoms with Gasteiger partial charge in [0, 0.05) is 11.8 Å². The fourth-order valence-electron chi connectivity index (χ4n) is 2.05. The van der Waals surface area contributed by atoms with Gasteiger partial charge in [-0.05, 0) is 39.5 Å². The number of aryl methyl sites for hydroxylation is 1. The first-order chi connectivity index (χ1) is 9.49. The lowest BCUT2D eigenvalue weighted by Crippen LogP contribution is -2.50. The summed E-state index contributed by atoms with van der Waals surface area (Å²) < 4.78 is 0. The number of aliphatic carboxylic acids is 1. The summed E-state index contributed by atoms with van der Waals surface area (Å²) in [4.78, 5) is 15.6.